The van der Waals surface area contributed by atoms with E-state index in [4.69, 9.17) is 4.74 Å². The van der Waals surface area contributed by atoms with Crippen LogP contribution >= 0.6 is 39.9 Å². The van der Waals surface area contributed by atoms with Crippen LogP contribution in [0.3, 0.4) is 0 Å². The molecule has 24 heavy (non-hydrogen) atoms. The molecule has 0 aromatic heterocycles. The Balaban J connectivity index is 0.00000288. The average Bonchev–Trinajstić information content (AvgIpc) is 2.58. The number of ether oxygens (including phenoxy) is 1. The minimum atomic E-state index is -0.249. The lowest BCUT2D eigenvalue weighted by molar-refractivity contribution is 0.409. The van der Waals surface area contributed by atoms with Crippen LogP contribution in [0.4, 0.5) is 4.39 Å². The van der Waals surface area contributed by atoms with Crippen molar-refractivity contribution in [2.75, 3.05) is 14.2 Å². The number of nitrogens with one attached hydrogen (secondary N) is 2. The van der Waals surface area contributed by atoms with E-state index in [0.717, 1.165) is 15.8 Å². The zero-order chi connectivity index (χ0) is 16.7. The summed E-state index contributed by atoms with van der Waals surface area (Å²) in [5, 5.41) is 6.29. The van der Waals surface area contributed by atoms with E-state index in [2.05, 4.69) is 31.6 Å². The molecule has 0 aliphatic heterocycles. The first-order valence-corrected chi connectivity index (χ1v) is 7.93. The lowest BCUT2D eigenvalue weighted by Gasteiger charge is -2.14. The molecule has 2 rings (SSSR count). The fourth-order valence-electron chi connectivity index (χ4n) is 2.11. The third-order valence-electron chi connectivity index (χ3n) is 3.32. The number of rotatable bonds is 5. The van der Waals surface area contributed by atoms with Gasteiger partial charge in [0.2, 0.25) is 0 Å². The van der Waals surface area contributed by atoms with Crippen molar-refractivity contribution in [3.63, 3.8) is 0 Å². The van der Waals surface area contributed by atoms with Crippen molar-refractivity contribution in [1.29, 1.82) is 0 Å². The molecular weight excluding hydrogens is 488 g/mol. The van der Waals surface area contributed by atoms with Crippen molar-refractivity contribution in [1.82, 2.24) is 10.6 Å². The van der Waals surface area contributed by atoms with Crippen LogP contribution in [0.1, 0.15) is 11.1 Å². The second-order valence-electron chi connectivity index (χ2n) is 4.83. The van der Waals surface area contributed by atoms with Gasteiger partial charge in [-0.2, -0.15) is 0 Å². The zero-order valence-corrected chi connectivity index (χ0v) is 17.4. The van der Waals surface area contributed by atoms with Crippen molar-refractivity contribution in [2.24, 2.45) is 4.99 Å². The largest absolute Gasteiger partial charge is 0.496 e. The highest BCUT2D eigenvalue weighted by molar-refractivity contribution is 14.0. The van der Waals surface area contributed by atoms with Crippen LogP contribution in [-0.4, -0.2) is 20.1 Å². The second kappa shape index (κ2) is 10.5. The minimum absolute atomic E-state index is 0. The molecule has 7 heteroatoms. The molecule has 2 aromatic carbocycles. The van der Waals surface area contributed by atoms with Crippen molar-refractivity contribution in [3.05, 3.63) is 63.9 Å². The molecule has 4 nitrogen and oxygen atoms in total. The fourth-order valence-corrected chi connectivity index (χ4v) is 2.51. The van der Waals surface area contributed by atoms with Gasteiger partial charge in [-0.25, -0.2) is 4.39 Å². The summed E-state index contributed by atoms with van der Waals surface area (Å²) in [6.45, 7) is 0.904. The van der Waals surface area contributed by atoms with Gasteiger partial charge in [0.05, 0.1) is 7.11 Å². The molecule has 0 saturated carbocycles. The Morgan fingerprint density at radius 2 is 1.79 bits per heavy atom. The van der Waals surface area contributed by atoms with Crippen LogP contribution in [0.2, 0.25) is 0 Å². The molecule has 2 N–H and O–H groups in total. The number of benzene rings is 2. The van der Waals surface area contributed by atoms with Gasteiger partial charge >= 0.3 is 0 Å². The SMILES string of the molecule is CN=C(NCc1cc(Br)ccc1F)NCc1ccccc1OC.I. The summed E-state index contributed by atoms with van der Waals surface area (Å²) < 4.78 is 19.9. The molecular formula is C17H20BrFIN3O. The maximum Gasteiger partial charge on any atom is 0.191 e. The summed E-state index contributed by atoms with van der Waals surface area (Å²) in [5.74, 6) is 1.16. The van der Waals surface area contributed by atoms with Crippen molar-refractivity contribution >= 4 is 45.9 Å². The van der Waals surface area contributed by atoms with Crippen LogP contribution < -0.4 is 15.4 Å². The zero-order valence-electron chi connectivity index (χ0n) is 13.5. The Hall–Kier alpha value is -1.35. The molecule has 0 saturated heterocycles. The van der Waals surface area contributed by atoms with Crippen LogP contribution in [0, 0.1) is 5.82 Å². The van der Waals surface area contributed by atoms with Crippen LogP contribution in [-0.2, 0) is 13.1 Å². The first-order chi connectivity index (χ1) is 11.1. The molecule has 0 fully saturated rings. The summed E-state index contributed by atoms with van der Waals surface area (Å²) in [4.78, 5) is 4.15. The van der Waals surface area contributed by atoms with Crippen molar-refractivity contribution < 1.29 is 9.13 Å². The normalized spacial score (nSPS) is 10.8. The highest BCUT2D eigenvalue weighted by Crippen LogP contribution is 2.17. The molecule has 0 radical (unpaired) electrons. The van der Waals surface area contributed by atoms with E-state index in [1.807, 2.05) is 24.3 Å². The first-order valence-electron chi connectivity index (χ1n) is 7.14. The lowest BCUT2D eigenvalue weighted by atomic mass is 10.2. The van der Waals surface area contributed by atoms with Gasteiger partial charge in [-0.05, 0) is 24.3 Å². The van der Waals surface area contributed by atoms with Gasteiger partial charge in [-0.15, -0.1) is 24.0 Å². The maximum absolute atomic E-state index is 13.7. The molecule has 0 unspecified atom stereocenters. The van der Waals surface area contributed by atoms with Gasteiger partial charge < -0.3 is 15.4 Å². The average molecular weight is 508 g/mol. The topological polar surface area (TPSA) is 45.7 Å². The molecule has 2 aromatic rings. The number of methoxy groups -OCH3 is 1. The monoisotopic (exact) mass is 507 g/mol. The van der Waals surface area contributed by atoms with Gasteiger partial charge in [0, 0.05) is 35.7 Å². The van der Waals surface area contributed by atoms with E-state index in [9.17, 15) is 4.39 Å². The van der Waals surface area contributed by atoms with E-state index in [0.29, 0.717) is 24.6 Å². The smallest absolute Gasteiger partial charge is 0.191 e. The number of hydrogen-bond acceptors (Lipinski definition) is 2. The highest BCUT2D eigenvalue weighted by atomic mass is 127. The lowest BCUT2D eigenvalue weighted by Crippen LogP contribution is -2.36. The van der Waals surface area contributed by atoms with Crippen molar-refractivity contribution in [3.8, 4) is 5.75 Å². The van der Waals surface area contributed by atoms with Crippen LogP contribution in [0.15, 0.2) is 51.9 Å². The molecule has 0 amide bonds. The van der Waals surface area contributed by atoms with E-state index in [-0.39, 0.29) is 29.8 Å². The number of nitrogens with zero attached hydrogens (tertiary/aromatic N) is 1. The summed E-state index contributed by atoms with van der Waals surface area (Å²) in [7, 11) is 3.32. The summed E-state index contributed by atoms with van der Waals surface area (Å²) in [6.07, 6.45) is 0. The number of aliphatic imine (C=N–C) groups is 1. The predicted molar refractivity (Wildman–Crippen MR) is 110 cm³/mol. The van der Waals surface area contributed by atoms with Gasteiger partial charge in [0.1, 0.15) is 11.6 Å². The van der Waals surface area contributed by atoms with E-state index in [1.54, 1.807) is 26.3 Å². The molecule has 0 spiro atoms. The van der Waals surface area contributed by atoms with Gasteiger partial charge in [-0.3, -0.25) is 4.99 Å². The Bertz CT molecular complexity index is 697. The molecule has 0 atom stereocenters. The molecule has 0 heterocycles. The third-order valence-corrected chi connectivity index (χ3v) is 3.81. The predicted octanol–water partition coefficient (Wildman–Crippen LogP) is 4.08. The first kappa shape index (κ1) is 20.7. The Kier molecular flexibility index (Phi) is 9.05. The standard InChI is InChI=1S/C17H19BrFN3O.HI/c1-20-17(21-10-12-5-3-4-6-16(12)23-2)22-11-13-9-14(18)7-8-15(13)19;/h3-9H,10-11H2,1-2H3,(H2,20,21,22);1H. The Morgan fingerprint density at radius 3 is 2.46 bits per heavy atom. The molecule has 0 aliphatic rings. The maximum atomic E-state index is 13.7. The van der Waals surface area contributed by atoms with Gasteiger partial charge in [-0.1, -0.05) is 34.1 Å². The Labute approximate surface area is 167 Å². The van der Waals surface area contributed by atoms with E-state index >= 15 is 0 Å². The van der Waals surface area contributed by atoms with Gasteiger partial charge in [0.25, 0.3) is 0 Å². The number of hydrogen-bond donors (Lipinski definition) is 2. The molecule has 130 valence electrons. The van der Waals surface area contributed by atoms with E-state index in [1.165, 1.54) is 6.07 Å². The third kappa shape index (κ3) is 5.94. The quantitative estimate of drug-likeness (QED) is 0.364. The highest BCUT2D eigenvalue weighted by Gasteiger charge is 2.06. The fraction of sp³-hybridized carbons (Fsp3) is 0.235. The van der Waals surface area contributed by atoms with E-state index < -0.39 is 0 Å². The van der Waals surface area contributed by atoms with Crippen molar-refractivity contribution in [2.45, 2.75) is 13.1 Å². The van der Waals surface area contributed by atoms with Gasteiger partial charge in [0.15, 0.2) is 5.96 Å². The minimum Gasteiger partial charge on any atom is -0.496 e. The summed E-state index contributed by atoms with van der Waals surface area (Å²) in [6, 6.07) is 12.6. The number of halogens is 3. The molecule has 0 bridgehead atoms. The second-order valence-corrected chi connectivity index (χ2v) is 5.74. The Morgan fingerprint density at radius 1 is 1.12 bits per heavy atom. The summed E-state index contributed by atoms with van der Waals surface area (Å²) >= 11 is 3.34. The summed E-state index contributed by atoms with van der Waals surface area (Å²) in [5.41, 5.74) is 1.59. The van der Waals surface area contributed by atoms with Crippen LogP contribution in [0.5, 0.6) is 5.75 Å². The number of guanidine groups is 1. The number of para-hydroxylation sites is 1. The molecule has 0 aliphatic carbocycles. The van der Waals surface area contributed by atoms with Crippen LogP contribution in [0.25, 0.3) is 0 Å².